The molecule has 0 atom stereocenters. The first-order valence-electron chi connectivity index (χ1n) is 6.25. The van der Waals surface area contributed by atoms with Gasteiger partial charge >= 0.3 is 0 Å². The van der Waals surface area contributed by atoms with Crippen LogP contribution in [-0.4, -0.2) is 35.9 Å². The third kappa shape index (κ3) is 3.60. The number of thioether (sulfide) groups is 1. The first kappa shape index (κ1) is 13.1. The summed E-state index contributed by atoms with van der Waals surface area (Å²) in [6.45, 7) is 1.79. The number of piperidine rings is 1. The molecule has 1 heterocycles. The standard InChI is InChI=1S/C14H17NO2S/c16-10-12-5-4-6-13(9-12)18-11-14(17)15-7-2-1-3-8-15/h4-6,9-10H,1-3,7-8,11H2. The minimum absolute atomic E-state index is 0.205. The van der Waals surface area contributed by atoms with E-state index in [1.54, 1.807) is 6.07 Å². The molecule has 0 saturated carbocycles. The van der Waals surface area contributed by atoms with Crippen molar-refractivity contribution in [1.82, 2.24) is 4.90 Å². The topological polar surface area (TPSA) is 37.4 Å². The molecule has 1 amide bonds. The number of nitrogens with zero attached hydrogens (tertiary/aromatic N) is 1. The zero-order chi connectivity index (χ0) is 12.8. The molecule has 0 spiro atoms. The van der Waals surface area contributed by atoms with Gasteiger partial charge in [-0.15, -0.1) is 11.8 Å². The van der Waals surface area contributed by atoms with Gasteiger partial charge in [-0.1, -0.05) is 12.1 Å². The van der Waals surface area contributed by atoms with E-state index in [1.165, 1.54) is 18.2 Å². The zero-order valence-electron chi connectivity index (χ0n) is 10.3. The van der Waals surface area contributed by atoms with Gasteiger partial charge < -0.3 is 4.90 Å². The highest BCUT2D eigenvalue weighted by atomic mass is 32.2. The molecule has 1 saturated heterocycles. The van der Waals surface area contributed by atoms with Gasteiger partial charge in [-0.2, -0.15) is 0 Å². The SMILES string of the molecule is O=Cc1cccc(SCC(=O)N2CCCCC2)c1. The molecule has 2 rings (SSSR count). The van der Waals surface area contributed by atoms with Crippen LogP contribution < -0.4 is 0 Å². The summed E-state index contributed by atoms with van der Waals surface area (Å²) in [4.78, 5) is 25.5. The smallest absolute Gasteiger partial charge is 0.232 e. The summed E-state index contributed by atoms with van der Waals surface area (Å²) >= 11 is 1.50. The van der Waals surface area contributed by atoms with Crippen molar-refractivity contribution >= 4 is 24.0 Å². The number of carbonyl (C=O) groups excluding carboxylic acids is 2. The molecule has 1 aliphatic heterocycles. The molecular weight excluding hydrogens is 246 g/mol. The lowest BCUT2D eigenvalue weighted by Gasteiger charge is -2.26. The Morgan fingerprint density at radius 2 is 2.06 bits per heavy atom. The average Bonchev–Trinajstić information content (AvgIpc) is 2.46. The predicted octanol–water partition coefficient (Wildman–Crippen LogP) is 2.60. The highest BCUT2D eigenvalue weighted by Gasteiger charge is 2.16. The fourth-order valence-corrected chi connectivity index (χ4v) is 2.92. The van der Waals surface area contributed by atoms with E-state index < -0.39 is 0 Å². The highest BCUT2D eigenvalue weighted by Crippen LogP contribution is 2.20. The van der Waals surface area contributed by atoms with Gasteiger partial charge in [0.1, 0.15) is 6.29 Å². The molecule has 0 aliphatic carbocycles. The van der Waals surface area contributed by atoms with Gasteiger partial charge in [0.25, 0.3) is 0 Å². The summed E-state index contributed by atoms with van der Waals surface area (Å²) in [6.07, 6.45) is 4.31. The van der Waals surface area contributed by atoms with E-state index in [0.717, 1.165) is 37.1 Å². The maximum Gasteiger partial charge on any atom is 0.232 e. The Hall–Kier alpha value is -1.29. The van der Waals surface area contributed by atoms with Crippen LogP contribution in [0, 0.1) is 0 Å². The Morgan fingerprint density at radius 3 is 2.78 bits per heavy atom. The number of hydrogen-bond acceptors (Lipinski definition) is 3. The molecule has 0 aromatic heterocycles. The quantitative estimate of drug-likeness (QED) is 0.619. The summed E-state index contributed by atoms with van der Waals surface area (Å²) in [5, 5.41) is 0. The van der Waals surface area contributed by atoms with Gasteiger partial charge in [-0.05, 0) is 31.4 Å². The third-order valence-corrected chi connectivity index (χ3v) is 4.04. The van der Waals surface area contributed by atoms with Gasteiger partial charge in [-0.25, -0.2) is 0 Å². The van der Waals surface area contributed by atoms with Crippen LogP contribution in [0.15, 0.2) is 29.2 Å². The van der Waals surface area contributed by atoms with Gasteiger partial charge in [0, 0.05) is 23.5 Å². The Kier molecular flexibility index (Phi) is 4.81. The highest BCUT2D eigenvalue weighted by molar-refractivity contribution is 8.00. The number of amides is 1. The van der Waals surface area contributed by atoms with Crippen molar-refractivity contribution in [1.29, 1.82) is 0 Å². The third-order valence-electron chi connectivity index (χ3n) is 3.07. The van der Waals surface area contributed by atoms with Gasteiger partial charge in [0.2, 0.25) is 5.91 Å². The molecule has 96 valence electrons. The largest absolute Gasteiger partial charge is 0.342 e. The van der Waals surface area contributed by atoms with Crippen LogP contribution in [0.4, 0.5) is 0 Å². The van der Waals surface area contributed by atoms with Crippen molar-refractivity contribution in [3.05, 3.63) is 29.8 Å². The molecule has 1 aromatic carbocycles. The van der Waals surface area contributed by atoms with E-state index in [2.05, 4.69) is 0 Å². The molecule has 3 nitrogen and oxygen atoms in total. The molecule has 0 unspecified atom stereocenters. The Balaban J connectivity index is 1.86. The minimum Gasteiger partial charge on any atom is -0.342 e. The van der Waals surface area contributed by atoms with Crippen molar-refractivity contribution in [2.24, 2.45) is 0 Å². The predicted molar refractivity (Wildman–Crippen MR) is 73.0 cm³/mol. The van der Waals surface area contributed by atoms with E-state index in [0.29, 0.717) is 11.3 Å². The van der Waals surface area contributed by atoms with Gasteiger partial charge in [0.05, 0.1) is 5.75 Å². The fraction of sp³-hybridized carbons (Fsp3) is 0.429. The fourth-order valence-electron chi connectivity index (χ4n) is 2.06. The Bertz CT molecular complexity index is 428. The summed E-state index contributed by atoms with van der Waals surface area (Å²) in [5.74, 6) is 0.665. The van der Waals surface area contributed by atoms with Crippen molar-refractivity contribution in [2.45, 2.75) is 24.2 Å². The van der Waals surface area contributed by atoms with Crippen LogP contribution in [0.25, 0.3) is 0 Å². The average molecular weight is 263 g/mol. The number of rotatable bonds is 4. The summed E-state index contributed by atoms with van der Waals surface area (Å²) in [5.41, 5.74) is 0.658. The molecule has 0 radical (unpaired) electrons. The van der Waals surface area contributed by atoms with E-state index >= 15 is 0 Å². The van der Waals surface area contributed by atoms with E-state index in [-0.39, 0.29) is 5.91 Å². The summed E-state index contributed by atoms with van der Waals surface area (Å²) in [6, 6.07) is 7.36. The van der Waals surface area contributed by atoms with Crippen LogP contribution in [0.2, 0.25) is 0 Å². The molecule has 1 aliphatic rings. The van der Waals surface area contributed by atoms with Crippen LogP contribution >= 0.6 is 11.8 Å². The second-order valence-corrected chi connectivity index (χ2v) is 5.47. The first-order valence-corrected chi connectivity index (χ1v) is 7.24. The Labute approximate surface area is 112 Å². The Morgan fingerprint density at radius 1 is 1.28 bits per heavy atom. The van der Waals surface area contributed by atoms with Crippen molar-refractivity contribution in [3.63, 3.8) is 0 Å². The number of aldehydes is 1. The molecule has 4 heteroatoms. The number of likely N-dealkylation sites (tertiary alicyclic amines) is 1. The lowest BCUT2D eigenvalue weighted by molar-refractivity contribution is -0.129. The van der Waals surface area contributed by atoms with Crippen molar-refractivity contribution in [3.8, 4) is 0 Å². The first-order chi connectivity index (χ1) is 8.79. The van der Waals surface area contributed by atoms with E-state index in [1.807, 2.05) is 23.1 Å². The maximum atomic E-state index is 12.0. The number of hydrogen-bond donors (Lipinski definition) is 0. The molecule has 1 fully saturated rings. The van der Waals surface area contributed by atoms with Crippen molar-refractivity contribution < 1.29 is 9.59 Å². The number of carbonyl (C=O) groups is 2. The maximum absolute atomic E-state index is 12.0. The van der Waals surface area contributed by atoms with Gasteiger partial charge in [0.15, 0.2) is 0 Å². The minimum atomic E-state index is 0.205. The molecule has 1 aromatic rings. The van der Waals surface area contributed by atoms with Crippen LogP contribution in [-0.2, 0) is 4.79 Å². The molecule has 0 bridgehead atoms. The van der Waals surface area contributed by atoms with E-state index in [9.17, 15) is 9.59 Å². The molecule has 18 heavy (non-hydrogen) atoms. The second kappa shape index (κ2) is 6.59. The monoisotopic (exact) mass is 263 g/mol. The molecule has 0 N–H and O–H groups in total. The van der Waals surface area contributed by atoms with Gasteiger partial charge in [-0.3, -0.25) is 9.59 Å². The lowest BCUT2D eigenvalue weighted by Crippen LogP contribution is -2.36. The molecular formula is C14H17NO2S. The normalized spacial score (nSPS) is 15.4. The van der Waals surface area contributed by atoms with Crippen LogP contribution in [0.5, 0.6) is 0 Å². The zero-order valence-corrected chi connectivity index (χ0v) is 11.1. The van der Waals surface area contributed by atoms with E-state index in [4.69, 9.17) is 0 Å². The summed E-state index contributed by atoms with van der Waals surface area (Å²) in [7, 11) is 0. The number of benzene rings is 1. The van der Waals surface area contributed by atoms with Crippen LogP contribution in [0.1, 0.15) is 29.6 Å². The summed E-state index contributed by atoms with van der Waals surface area (Å²) < 4.78 is 0. The van der Waals surface area contributed by atoms with Crippen molar-refractivity contribution in [2.75, 3.05) is 18.8 Å². The second-order valence-electron chi connectivity index (χ2n) is 4.42. The lowest BCUT2D eigenvalue weighted by atomic mass is 10.1. The van der Waals surface area contributed by atoms with Crippen LogP contribution in [0.3, 0.4) is 0 Å².